The maximum absolute atomic E-state index is 13.1. The molecule has 0 radical (unpaired) electrons. The number of hydrogen-bond acceptors (Lipinski definition) is 3. The lowest BCUT2D eigenvalue weighted by molar-refractivity contribution is -0.132. The lowest BCUT2D eigenvalue weighted by Gasteiger charge is -2.34. The zero-order chi connectivity index (χ0) is 17.2. The zero-order valence-corrected chi connectivity index (χ0v) is 15.0. The van der Waals surface area contributed by atoms with E-state index in [1.165, 1.54) is 19.4 Å². The molecule has 0 N–H and O–H groups in total. The Bertz CT molecular complexity index is 754. The Kier molecular flexibility index (Phi) is 4.71. The van der Waals surface area contributed by atoms with Crippen molar-refractivity contribution in [3.63, 3.8) is 0 Å². The van der Waals surface area contributed by atoms with Gasteiger partial charge < -0.3 is 4.90 Å². The van der Waals surface area contributed by atoms with Gasteiger partial charge in [0.05, 0.1) is 11.9 Å². The Balaban J connectivity index is 1.53. The molecule has 2 atom stereocenters. The second-order valence-electron chi connectivity index (χ2n) is 7.30. The lowest BCUT2D eigenvalue weighted by atomic mass is 10.0. The average molecular weight is 337 g/mol. The number of amides is 1. The van der Waals surface area contributed by atoms with Crippen LogP contribution in [0.1, 0.15) is 38.2 Å². The van der Waals surface area contributed by atoms with Gasteiger partial charge in [0.15, 0.2) is 0 Å². The van der Waals surface area contributed by atoms with Crippen LogP contribution in [0.15, 0.2) is 36.5 Å². The van der Waals surface area contributed by atoms with Crippen LogP contribution in [0, 0.1) is 0 Å². The van der Waals surface area contributed by atoms with Crippen LogP contribution in [0.2, 0.25) is 0 Å². The van der Waals surface area contributed by atoms with Crippen LogP contribution in [-0.4, -0.2) is 52.4 Å². The predicted molar refractivity (Wildman–Crippen MR) is 100 cm³/mol. The molecule has 2 aromatic rings. The van der Waals surface area contributed by atoms with Gasteiger partial charge in [-0.15, -0.1) is 0 Å². The molecule has 2 fully saturated rings. The molecule has 0 bridgehead atoms. The fourth-order valence-corrected chi connectivity index (χ4v) is 4.76. The fourth-order valence-electron chi connectivity index (χ4n) is 4.76. The summed E-state index contributed by atoms with van der Waals surface area (Å²) in [5.74, 6) is 0.267. The molecule has 0 spiro atoms. The zero-order valence-electron chi connectivity index (χ0n) is 15.0. The van der Waals surface area contributed by atoms with Crippen molar-refractivity contribution < 1.29 is 4.79 Å². The third-order valence-electron chi connectivity index (χ3n) is 5.94. The van der Waals surface area contributed by atoms with Crippen molar-refractivity contribution in [3.05, 3.63) is 42.1 Å². The third-order valence-corrected chi connectivity index (χ3v) is 5.94. The molecule has 2 aliphatic heterocycles. The second kappa shape index (κ2) is 7.12. The third kappa shape index (κ3) is 3.15. The number of fused-ring (bicyclic) bond motifs is 1. The normalized spacial score (nSPS) is 24.3. The summed E-state index contributed by atoms with van der Waals surface area (Å²) in [6.45, 7) is 5.43. The van der Waals surface area contributed by atoms with Crippen LogP contribution in [-0.2, 0) is 11.2 Å². The monoisotopic (exact) mass is 337 g/mol. The molecule has 1 amide bonds. The number of para-hydroxylation sites is 1. The highest BCUT2D eigenvalue weighted by Crippen LogP contribution is 2.30. The van der Waals surface area contributed by atoms with Crippen LogP contribution in [0.4, 0.5) is 0 Å². The molecular formula is C21H27N3O. The smallest absolute Gasteiger partial charge is 0.227 e. The minimum Gasteiger partial charge on any atom is -0.338 e. The van der Waals surface area contributed by atoms with E-state index in [0.29, 0.717) is 18.5 Å². The Labute approximate surface area is 149 Å². The van der Waals surface area contributed by atoms with Gasteiger partial charge in [0, 0.05) is 30.2 Å². The SMILES string of the molecule is CCN1CCC[C@H]1[C@H]1CCCN1C(=O)Cc1cccc2cccnc12. The number of nitrogens with zero attached hydrogens (tertiary/aromatic N) is 3. The van der Waals surface area contributed by atoms with Gasteiger partial charge in [-0.2, -0.15) is 0 Å². The first kappa shape index (κ1) is 16.5. The Hall–Kier alpha value is -1.94. The molecule has 2 saturated heterocycles. The van der Waals surface area contributed by atoms with Crippen molar-refractivity contribution in [3.8, 4) is 0 Å². The maximum atomic E-state index is 13.1. The van der Waals surface area contributed by atoms with Crippen LogP contribution < -0.4 is 0 Å². The van der Waals surface area contributed by atoms with E-state index >= 15 is 0 Å². The number of rotatable bonds is 4. The molecule has 4 nitrogen and oxygen atoms in total. The van der Waals surface area contributed by atoms with Crippen LogP contribution in [0.25, 0.3) is 10.9 Å². The minimum absolute atomic E-state index is 0.267. The Morgan fingerprint density at radius 3 is 2.80 bits per heavy atom. The van der Waals surface area contributed by atoms with E-state index in [9.17, 15) is 4.79 Å². The highest BCUT2D eigenvalue weighted by molar-refractivity contribution is 5.87. The number of aromatic nitrogens is 1. The quantitative estimate of drug-likeness (QED) is 0.859. The topological polar surface area (TPSA) is 36.4 Å². The molecular weight excluding hydrogens is 310 g/mol. The van der Waals surface area contributed by atoms with E-state index in [2.05, 4.69) is 33.8 Å². The van der Waals surface area contributed by atoms with Crippen LogP contribution in [0.5, 0.6) is 0 Å². The van der Waals surface area contributed by atoms with Gasteiger partial charge in [-0.25, -0.2) is 0 Å². The first-order chi connectivity index (χ1) is 12.3. The summed E-state index contributed by atoms with van der Waals surface area (Å²) in [6, 6.07) is 11.1. The maximum Gasteiger partial charge on any atom is 0.227 e. The van der Waals surface area contributed by atoms with Gasteiger partial charge in [-0.1, -0.05) is 31.2 Å². The summed E-state index contributed by atoms with van der Waals surface area (Å²) in [6.07, 6.45) is 7.07. The van der Waals surface area contributed by atoms with Gasteiger partial charge in [0.1, 0.15) is 0 Å². The van der Waals surface area contributed by atoms with Gasteiger partial charge in [-0.05, 0) is 50.4 Å². The molecule has 3 heterocycles. The van der Waals surface area contributed by atoms with E-state index < -0.39 is 0 Å². The van der Waals surface area contributed by atoms with Gasteiger partial charge in [0.2, 0.25) is 5.91 Å². The molecule has 0 unspecified atom stereocenters. The van der Waals surface area contributed by atoms with Crippen LogP contribution in [0.3, 0.4) is 0 Å². The molecule has 4 rings (SSSR count). The van der Waals surface area contributed by atoms with E-state index in [0.717, 1.165) is 42.4 Å². The summed E-state index contributed by atoms with van der Waals surface area (Å²) in [5.41, 5.74) is 2.01. The number of carbonyl (C=O) groups excluding carboxylic acids is 1. The van der Waals surface area contributed by atoms with Crippen molar-refractivity contribution in [2.45, 2.75) is 51.1 Å². The van der Waals surface area contributed by atoms with Crippen molar-refractivity contribution >= 4 is 16.8 Å². The number of benzene rings is 1. The summed E-state index contributed by atoms with van der Waals surface area (Å²) < 4.78 is 0. The van der Waals surface area contributed by atoms with E-state index in [4.69, 9.17) is 0 Å². The molecule has 1 aromatic carbocycles. The van der Waals surface area contributed by atoms with Gasteiger partial charge >= 0.3 is 0 Å². The van der Waals surface area contributed by atoms with E-state index in [1.807, 2.05) is 24.4 Å². The lowest BCUT2D eigenvalue weighted by Crippen LogP contribution is -2.48. The fraction of sp³-hybridized carbons (Fsp3) is 0.524. The first-order valence-corrected chi connectivity index (χ1v) is 9.64. The Morgan fingerprint density at radius 1 is 1.12 bits per heavy atom. The Morgan fingerprint density at radius 2 is 1.92 bits per heavy atom. The summed E-state index contributed by atoms with van der Waals surface area (Å²) in [7, 11) is 0. The number of pyridine rings is 1. The number of carbonyl (C=O) groups is 1. The van der Waals surface area contributed by atoms with Crippen molar-refractivity contribution in [2.24, 2.45) is 0 Å². The second-order valence-corrected chi connectivity index (χ2v) is 7.30. The number of likely N-dealkylation sites (tertiary alicyclic amines) is 2. The van der Waals surface area contributed by atoms with Crippen molar-refractivity contribution in [1.29, 1.82) is 0 Å². The molecule has 1 aromatic heterocycles. The summed E-state index contributed by atoms with van der Waals surface area (Å²) >= 11 is 0. The predicted octanol–water partition coefficient (Wildman–Crippen LogP) is 3.25. The van der Waals surface area contributed by atoms with E-state index in [-0.39, 0.29) is 5.91 Å². The first-order valence-electron chi connectivity index (χ1n) is 9.64. The molecule has 4 heteroatoms. The molecule has 0 saturated carbocycles. The number of likely N-dealkylation sites (N-methyl/N-ethyl adjacent to an activating group) is 1. The number of hydrogen-bond donors (Lipinski definition) is 0. The van der Waals surface area contributed by atoms with Gasteiger partial charge in [-0.3, -0.25) is 14.7 Å². The standard InChI is InChI=1S/C21H27N3O/c1-2-23-13-5-10-18(23)19-11-6-14-24(19)20(25)15-17-8-3-7-16-9-4-12-22-21(16)17/h3-4,7-9,12,18-19H,2,5-6,10-11,13-15H2,1H3/t18-,19+/m0/s1. The highest BCUT2D eigenvalue weighted by Gasteiger charge is 2.38. The van der Waals surface area contributed by atoms with Gasteiger partial charge in [0.25, 0.3) is 0 Å². The average Bonchev–Trinajstić information content (AvgIpc) is 3.30. The highest BCUT2D eigenvalue weighted by atomic mass is 16.2. The molecule has 25 heavy (non-hydrogen) atoms. The minimum atomic E-state index is 0.267. The van der Waals surface area contributed by atoms with Crippen molar-refractivity contribution in [2.75, 3.05) is 19.6 Å². The van der Waals surface area contributed by atoms with Crippen LogP contribution >= 0.6 is 0 Å². The van der Waals surface area contributed by atoms with E-state index in [1.54, 1.807) is 0 Å². The molecule has 132 valence electrons. The molecule has 0 aliphatic carbocycles. The molecule has 2 aliphatic rings. The summed E-state index contributed by atoms with van der Waals surface area (Å²) in [5, 5.41) is 1.11. The largest absolute Gasteiger partial charge is 0.338 e. The summed E-state index contributed by atoms with van der Waals surface area (Å²) in [4.78, 5) is 22.3. The van der Waals surface area contributed by atoms with Crippen molar-refractivity contribution in [1.82, 2.24) is 14.8 Å².